The molecule has 0 heterocycles. The first-order valence-corrected chi connectivity index (χ1v) is 6.08. The molecule has 1 atom stereocenters. The van der Waals surface area contributed by atoms with Crippen LogP contribution < -0.4 is 29.6 Å². The number of hydrogen-bond donors (Lipinski definition) is 2. The number of aliphatic hydroxyl groups is 1. The van der Waals surface area contributed by atoms with Crippen molar-refractivity contribution in [3.8, 4) is 0 Å². The van der Waals surface area contributed by atoms with Gasteiger partial charge in [-0.15, -0.1) is 0 Å². The van der Waals surface area contributed by atoms with E-state index >= 15 is 0 Å². The molecular weight excluding hydrogens is 267 g/mol. The van der Waals surface area contributed by atoms with E-state index in [2.05, 4.69) is 4.79 Å². The van der Waals surface area contributed by atoms with E-state index in [9.17, 15) is 13.5 Å². The van der Waals surface area contributed by atoms with Crippen molar-refractivity contribution >= 4 is 20.7 Å². The van der Waals surface area contributed by atoms with Crippen LogP contribution >= 0.6 is 0 Å². The first kappa shape index (κ1) is 15.3. The molecule has 1 unspecified atom stereocenters. The van der Waals surface area contributed by atoms with E-state index in [-0.39, 0.29) is 47.8 Å². The summed E-state index contributed by atoms with van der Waals surface area (Å²) in [5.74, 6) is 0. The van der Waals surface area contributed by atoms with Gasteiger partial charge in [-0.2, -0.15) is 13.2 Å². The van der Waals surface area contributed by atoms with Crippen LogP contribution in [0.3, 0.4) is 0 Å². The Morgan fingerprint density at radius 3 is 2.33 bits per heavy atom. The van der Waals surface area contributed by atoms with Crippen LogP contribution in [0.5, 0.6) is 0 Å². The van der Waals surface area contributed by atoms with Crippen LogP contribution in [0, 0.1) is 0 Å². The Morgan fingerprint density at radius 2 is 1.83 bits per heavy atom. The first-order chi connectivity index (χ1) is 7.95. The number of aliphatic hydroxyl groups excluding tert-OH is 1. The van der Waals surface area contributed by atoms with E-state index in [4.69, 9.17) is 10.1 Å². The SMILES string of the molecule is [H-].[N-]=[N+]=C1c2ccccc2C(S(=O)(=O)O)=CC1O.[Na+]. The van der Waals surface area contributed by atoms with Crippen molar-refractivity contribution in [3.63, 3.8) is 0 Å². The van der Waals surface area contributed by atoms with Crippen molar-refractivity contribution in [1.82, 2.24) is 0 Å². The Kier molecular flexibility index (Phi) is 4.63. The standard InChI is InChI=1S/C10H8N2O4S.Na.H/c11-12-10-7-4-2-1-3-6(7)9(5-8(10)13)17(14,15)16;;/h1-5,8,13H,(H,14,15,16);;/q;+1;-1. The fraction of sp³-hybridized carbons (Fsp3) is 0.100. The third-order valence-electron chi connectivity index (χ3n) is 2.44. The van der Waals surface area contributed by atoms with Crippen LogP contribution in [-0.2, 0) is 10.1 Å². The van der Waals surface area contributed by atoms with Crippen LogP contribution in [0.1, 0.15) is 12.6 Å². The zero-order valence-electron chi connectivity index (χ0n) is 10.5. The maximum absolute atomic E-state index is 11.2. The molecule has 1 aliphatic carbocycles. The number of hydrogen-bond acceptors (Lipinski definition) is 3. The third-order valence-corrected chi connectivity index (χ3v) is 3.36. The van der Waals surface area contributed by atoms with Gasteiger partial charge in [-0.3, -0.25) is 4.55 Å². The van der Waals surface area contributed by atoms with E-state index < -0.39 is 21.1 Å². The van der Waals surface area contributed by atoms with Gasteiger partial charge in [0, 0.05) is 5.56 Å². The molecule has 0 radical (unpaired) electrons. The molecule has 2 rings (SSSR count). The predicted octanol–water partition coefficient (Wildman–Crippen LogP) is -2.57. The summed E-state index contributed by atoms with van der Waals surface area (Å²) in [4.78, 5) is 2.54. The number of nitrogens with zero attached hydrogens (tertiary/aromatic N) is 2. The maximum Gasteiger partial charge on any atom is 1.00 e. The Bertz CT molecular complexity index is 668. The van der Waals surface area contributed by atoms with Gasteiger partial charge < -0.3 is 12.1 Å². The molecular formula is C10H9N2NaO4S. The molecule has 18 heavy (non-hydrogen) atoms. The smallest absolute Gasteiger partial charge is 1.00 e. The molecule has 0 saturated heterocycles. The quantitative estimate of drug-likeness (QED) is 0.254. The summed E-state index contributed by atoms with van der Waals surface area (Å²) in [5.41, 5.74) is 9.17. The van der Waals surface area contributed by atoms with E-state index in [1.807, 2.05) is 0 Å². The van der Waals surface area contributed by atoms with Gasteiger partial charge >= 0.3 is 35.3 Å². The minimum Gasteiger partial charge on any atom is -1.00 e. The molecule has 0 amide bonds. The van der Waals surface area contributed by atoms with Gasteiger partial charge in [-0.25, -0.2) is 0 Å². The maximum atomic E-state index is 11.2. The molecule has 1 aliphatic rings. The number of rotatable bonds is 1. The van der Waals surface area contributed by atoms with E-state index in [1.165, 1.54) is 12.1 Å². The van der Waals surface area contributed by atoms with Gasteiger partial charge in [0.25, 0.3) is 10.1 Å². The van der Waals surface area contributed by atoms with Gasteiger partial charge in [-0.1, -0.05) is 18.2 Å². The second-order valence-corrected chi connectivity index (χ2v) is 4.87. The normalized spacial score (nSPS) is 18.2. The van der Waals surface area contributed by atoms with Gasteiger partial charge in [0.2, 0.25) is 0 Å². The molecule has 0 spiro atoms. The van der Waals surface area contributed by atoms with Gasteiger partial charge in [0.05, 0.1) is 5.56 Å². The van der Waals surface area contributed by atoms with Crippen LogP contribution in [-0.4, -0.2) is 34.7 Å². The summed E-state index contributed by atoms with van der Waals surface area (Å²) in [5, 5.41) is 9.61. The fourth-order valence-corrected chi connectivity index (χ4v) is 2.49. The summed E-state index contributed by atoms with van der Waals surface area (Å²) in [7, 11) is -4.44. The summed E-state index contributed by atoms with van der Waals surface area (Å²) in [6, 6.07) is 6.12. The van der Waals surface area contributed by atoms with Crippen molar-refractivity contribution in [2.75, 3.05) is 0 Å². The molecule has 6 nitrogen and oxygen atoms in total. The van der Waals surface area contributed by atoms with Gasteiger partial charge in [-0.05, 0) is 12.1 Å². The average molecular weight is 276 g/mol. The molecule has 0 saturated carbocycles. The largest absolute Gasteiger partial charge is 1.00 e. The summed E-state index contributed by atoms with van der Waals surface area (Å²) < 4.78 is 31.4. The topological polar surface area (TPSA) is 111 Å². The minimum absolute atomic E-state index is 0. The number of benzene rings is 1. The van der Waals surface area contributed by atoms with E-state index in [0.29, 0.717) is 0 Å². The Morgan fingerprint density at radius 1 is 1.28 bits per heavy atom. The summed E-state index contributed by atoms with van der Waals surface area (Å²) >= 11 is 0. The van der Waals surface area contributed by atoms with Crippen molar-refractivity contribution in [1.29, 1.82) is 0 Å². The van der Waals surface area contributed by atoms with Crippen LogP contribution in [0.15, 0.2) is 30.3 Å². The molecule has 0 aromatic heterocycles. The van der Waals surface area contributed by atoms with E-state index in [1.54, 1.807) is 12.1 Å². The zero-order chi connectivity index (χ0) is 12.6. The average Bonchev–Trinajstić information content (AvgIpc) is 2.27. The van der Waals surface area contributed by atoms with Gasteiger partial charge in [0.1, 0.15) is 4.91 Å². The number of fused-ring (bicyclic) bond motifs is 1. The Balaban J connectivity index is 0.00000162. The van der Waals surface area contributed by atoms with Crippen LogP contribution in [0.4, 0.5) is 0 Å². The summed E-state index contributed by atoms with van der Waals surface area (Å²) in [6.45, 7) is 0. The van der Waals surface area contributed by atoms with Crippen molar-refractivity contribution in [2.24, 2.45) is 0 Å². The third kappa shape index (κ3) is 2.62. The molecule has 0 bridgehead atoms. The monoisotopic (exact) mass is 276 g/mol. The predicted molar refractivity (Wildman–Crippen MR) is 60.8 cm³/mol. The van der Waals surface area contributed by atoms with Crippen molar-refractivity contribution in [2.45, 2.75) is 6.10 Å². The Hall–Kier alpha value is -0.790. The first-order valence-electron chi connectivity index (χ1n) is 4.64. The molecule has 8 heteroatoms. The second kappa shape index (κ2) is 5.46. The zero-order valence-corrected chi connectivity index (χ0v) is 12.3. The summed E-state index contributed by atoms with van der Waals surface area (Å²) in [6.07, 6.45) is -0.459. The second-order valence-electron chi connectivity index (χ2n) is 3.48. The molecule has 90 valence electrons. The fourth-order valence-electron chi connectivity index (χ4n) is 1.73. The molecule has 1 aromatic rings. The van der Waals surface area contributed by atoms with Crippen LogP contribution in [0.25, 0.3) is 10.4 Å². The Labute approximate surface area is 127 Å². The van der Waals surface area contributed by atoms with Crippen molar-refractivity contribution in [3.05, 3.63) is 47.0 Å². The van der Waals surface area contributed by atoms with Crippen molar-refractivity contribution < 1.29 is 53.9 Å². The minimum atomic E-state index is -4.44. The molecule has 2 N–H and O–H groups in total. The van der Waals surface area contributed by atoms with Gasteiger partial charge in [0.15, 0.2) is 6.10 Å². The molecule has 1 aromatic carbocycles. The van der Waals surface area contributed by atoms with Crippen LogP contribution in [0.2, 0.25) is 0 Å². The molecule has 0 fully saturated rings. The van der Waals surface area contributed by atoms with E-state index in [0.717, 1.165) is 6.08 Å². The molecule has 0 aliphatic heterocycles.